The molecule has 0 fully saturated rings. The number of nitrogens with one attached hydrogen (secondary N) is 2. The van der Waals surface area contributed by atoms with Crippen LogP contribution in [0.5, 0.6) is 0 Å². The van der Waals surface area contributed by atoms with E-state index in [-0.39, 0.29) is 5.82 Å². The van der Waals surface area contributed by atoms with Gasteiger partial charge in [0.2, 0.25) is 5.95 Å². The first-order valence-corrected chi connectivity index (χ1v) is 5.22. The van der Waals surface area contributed by atoms with E-state index in [4.69, 9.17) is 0 Å². The highest BCUT2D eigenvalue weighted by Crippen LogP contribution is 2.18. The van der Waals surface area contributed by atoms with E-state index in [0.717, 1.165) is 5.56 Å². The highest BCUT2D eigenvalue weighted by molar-refractivity contribution is 5.48. The zero-order chi connectivity index (χ0) is 12.3. The quantitative estimate of drug-likeness (QED) is 0.845. The van der Waals surface area contributed by atoms with Crippen LogP contribution < -0.4 is 10.2 Å². The Morgan fingerprint density at radius 1 is 1.41 bits per heavy atom. The van der Waals surface area contributed by atoms with Crippen molar-refractivity contribution in [1.29, 1.82) is 0 Å². The Kier molecular flexibility index (Phi) is 3.22. The molecule has 0 saturated carbocycles. The van der Waals surface area contributed by atoms with E-state index in [9.17, 15) is 4.39 Å². The fourth-order valence-corrected chi connectivity index (χ4v) is 1.50. The maximum absolute atomic E-state index is 13.7. The molecule has 0 bridgehead atoms. The minimum absolute atomic E-state index is 0.230. The van der Waals surface area contributed by atoms with Crippen LogP contribution in [0.3, 0.4) is 0 Å². The van der Waals surface area contributed by atoms with Gasteiger partial charge in [0.05, 0.1) is 5.69 Å². The van der Waals surface area contributed by atoms with Gasteiger partial charge in [0.25, 0.3) is 0 Å². The van der Waals surface area contributed by atoms with E-state index < -0.39 is 0 Å². The fraction of sp³-hybridized carbons (Fsp3) is 0.273. The van der Waals surface area contributed by atoms with Crippen molar-refractivity contribution in [3.05, 3.63) is 35.9 Å². The van der Waals surface area contributed by atoms with E-state index >= 15 is 0 Å². The summed E-state index contributed by atoms with van der Waals surface area (Å²) < 4.78 is 13.7. The maximum atomic E-state index is 13.7. The lowest BCUT2D eigenvalue weighted by atomic mass is 10.2. The van der Waals surface area contributed by atoms with E-state index in [1.54, 1.807) is 11.0 Å². The number of aromatic amines is 1. The summed E-state index contributed by atoms with van der Waals surface area (Å²) in [4.78, 5) is 5.66. The molecular weight excluding hydrogens is 221 g/mol. The molecule has 1 aromatic carbocycles. The number of anilines is 2. The van der Waals surface area contributed by atoms with Gasteiger partial charge in [0.1, 0.15) is 12.1 Å². The lowest BCUT2D eigenvalue weighted by Gasteiger charge is -2.14. The number of halogens is 1. The fourth-order valence-electron chi connectivity index (χ4n) is 1.50. The summed E-state index contributed by atoms with van der Waals surface area (Å²) in [5.41, 5.74) is 1.43. The average Bonchev–Trinajstić information content (AvgIpc) is 2.78. The summed E-state index contributed by atoms with van der Waals surface area (Å²) in [6, 6.07) is 5.15. The van der Waals surface area contributed by atoms with Crippen LogP contribution in [0, 0.1) is 5.82 Å². The summed E-state index contributed by atoms with van der Waals surface area (Å²) in [5.74, 6) is 0.342. The van der Waals surface area contributed by atoms with E-state index in [2.05, 4.69) is 20.5 Å². The molecule has 1 heterocycles. The van der Waals surface area contributed by atoms with Gasteiger partial charge in [0, 0.05) is 20.6 Å². The lowest BCUT2D eigenvalue weighted by Crippen LogP contribution is -2.11. The second-order valence-corrected chi connectivity index (χ2v) is 3.87. The summed E-state index contributed by atoms with van der Waals surface area (Å²) in [6.45, 7) is 0.500. The summed E-state index contributed by atoms with van der Waals surface area (Å²) in [7, 11) is 3.62. The van der Waals surface area contributed by atoms with Crippen molar-refractivity contribution in [3.63, 3.8) is 0 Å². The summed E-state index contributed by atoms with van der Waals surface area (Å²) in [6.07, 6.45) is 1.41. The van der Waals surface area contributed by atoms with Gasteiger partial charge in [-0.3, -0.25) is 0 Å². The van der Waals surface area contributed by atoms with Gasteiger partial charge >= 0.3 is 0 Å². The third-order valence-corrected chi connectivity index (χ3v) is 2.37. The molecule has 0 spiro atoms. The first kappa shape index (κ1) is 11.4. The van der Waals surface area contributed by atoms with Crippen LogP contribution in [0.1, 0.15) is 5.56 Å². The predicted molar refractivity (Wildman–Crippen MR) is 64.4 cm³/mol. The molecule has 1 aromatic heterocycles. The standard InChI is InChI=1S/C11H14FN5/c1-17(2)10-4-3-8(5-9(10)12)6-13-11-14-7-15-16-11/h3-5,7H,6H2,1-2H3,(H2,13,14,15,16). The van der Waals surface area contributed by atoms with Crippen LogP contribution in [0.25, 0.3) is 0 Å². The summed E-state index contributed by atoms with van der Waals surface area (Å²) >= 11 is 0. The molecule has 0 aliphatic heterocycles. The Hall–Kier alpha value is -2.11. The number of benzene rings is 1. The molecule has 0 aliphatic carbocycles. The zero-order valence-electron chi connectivity index (χ0n) is 9.74. The van der Waals surface area contributed by atoms with Gasteiger partial charge in [0.15, 0.2) is 0 Å². The smallest absolute Gasteiger partial charge is 0.218 e. The van der Waals surface area contributed by atoms with Crippen molar-refractivity contribution < 1.29 is 4.39 Å². The normalized spacial score (nSPS) is 10.3. The Morgan fingerprint density at radius 3 is 2.82 bits per heavy atom. The number of rotatable bonds is 4. The molecule has 0 saturated heterocycles. The van der Waals surface area contributed by atoms with Crippen molar-refractivity contribution in [2.75, 3.05) is 24.3 Å². The van der Waals surface area contributed by atoms with Crippen LogP contribution >= 0.6 is 0 Å². The van der Waals surface area contributed by atoms with Crippen LogP contribution in [-0.4, -0.2) is 29.3 Å². The molecule has 0 unspecified atom stereocenters. The number of nitrogens with zero attached hydrogens (tertiary/aromatic N) is 3. The van der Waals surface area contributed by atoms with Crippen LogP contribution in [0.15, 0.2) is 24.5 Å². The second kappa shape index (κ2) is 4.82. The topological polar surface area (TPSA) is 56.8 Å². The molecule has 0 aliphatic rings. The molecule has 17 heavy (non-hydrogen) atoms. The SMILES string of the molecule is CN(C)c1ccc(CNc2ncn[nH]2)cc1F. The number of aromatic nitrogens is 3. The number of H-pyrrole nitrogens is 1. The molecule has 6 heteroatoms. The number of hydrogen-bond donors (Lipinski definition) is 2. The van der Waals surface area contributed by atoms with Gasteiger partial charge in [-0.2, -0.15) is 5.10 Å². The molecular formula is C11H14FN5. The Morgan fingerprint density at radius 2 is 2.24 bits per heavy atom. The average molecular weight is 235 g/mol. The first-order valence-electron chi connectivity index (χ1n) is 5.22. The number of hydrogen-bond acceptors (Lipinski definition) is 4. The van der Waals surface area contributed by atoms with E-state index in [1.807, 2.05) is 20.2 Å². The Labute approximate surface area is 98.7 Å². The van der Waals surface area contributed by atoms with Crippen molar-refractivity contribution in [1.82, 2.24) is 15.2 Å². The summed E-state index contributed by atoms with van der Waals surface area (Å²) in [5, 5.41) is 9.39. The van der Waals surface area contributed by atoms with E-state index in [1.165, 1.54) is 12.4 Å². The third kappa shape index (κ3) is 2.72. The minimum Gasteiger partial charge on any atom is -0.375 e. The van der Waals surface area contributed by atoms with Crippen molar-refractivity contribution in [2.45, 2.75) is 6.54 Å². The first-order chi connectivity index (χ1) is 8.16. The van der Waals surface area contributed by atoms with Crippen LogP contribution in [0.4, 0.5) is 16.0 Å². The molecule has 5 nitrogen and oxygen atoms in total. The molecule has 2 aromatic rings. The van der Waals surface area contributed by atoms with Crippen LogP contribution in [0.2, 0.25) is 0 Å². The Balaban J connectivity index is 2.05. The predicted octanol–water partition coefficient (Wildman–Crippen LogP) is 1.62. The van der Waals surface area contributed by atoms with Crippen molar-refractivity contribution in [2.24, 2.45) is 0 Å². The lowest BCUT2D eigenvalue weighted by molar-refractivity contribution is 0.624. The van der Waals surface area contributed by atoms with Crippen LogP contribution in [-0.2, 0) is 6.54 Å². The van der Waals surface area contributed by atoms with E-state index in [0.29, 0.717) is 18.2 Å². The largest absolute Gasteiger partial charge is 0.375 e. The molecule has 2 rings (SSSR count). The molecule has 2 N–H and O–H groups in total. The van der Waals surface area contributed by atoms with Gasteiger partial charge in [-0.1, -0.05) is 6.07 Å². The van der Waals surface area contributed by atoms with Gasteiger partial charge in [-0.15, -0.1) is 0 Å². The third-order valence-electron chi connectivity index (χ3n) is 2.37. The molecule has 0 radical (unpaired) electrons. The monoisotopic (exact) mass is 235 g/mol. The maximum Gasteiger partial charge on any atom is 0.218 e. The van der Waals surface area contributed by atoms with Gasteiger partial charge in [-0.05, 0) is 17.7 Å². The molecule has 0 atom stereocenters. The van der Waals surface area contributed by atoms with Crippen molar-refractivity contribution >= 4 is 11.6 Å². The van der Waals surface area contributed by atoms with Gasteiger partial charge < -0.3 is 10.2 Å². The second-order valence-electron chi connectivity index (χ2n) is 3.87. The minimum atomic E-state index is -0.230. The Bertz CT molecular complexity index is 481. The highest BCUT2D eigenvalue weighted by Gasteiger charge is 2.05. The van der Waals surface area contributed by atoms with Crippen molar-refractivity contribution in [3.8, 4) is 0 Å². The highest BCUT2D eigenvalue weighted by atomic mass is 19.1. The van der Waals surface area contributed by atoms with Gasteiger partial charge in [-0.25, -0.2) is 14.5 Å². The molecule has 0 amide bonds. The zero-order valence-corrected chi connectivity index (χ0v) is 9.74. The molecule has 90 valence electrons.